The van der Waals surface area contributed by atoms with Crippen LogP contribution in [-0.4, -0.2) is 12.6 Å². The van der Waals surface area contributed by atoms with Crippen LogP contribution in [0.2, 0.25) is 0 Å². The zero-order valence-corrected chi connectivity index (χ0v) is 12.1. The Balaban J connectivity index is 2.85. The Morgan fingerprint density at radius 3 is 2.17 bits per heavy atom. The summed E-state index contributed by atoms with van der Waals surface area (Å²) < 4.78 is 5.15. The van der Waals surface area contributed by atoms with Crippen LogP contribution in [-0.2, 0) is 14.9 Å². The van der Waals surface area contributed by atoms with Crippen molar-refractivity contribution in [2.75, 3.05) is 6.61 Å². The maximum atomic E-state index is 12.0. The van der Waals surface area contributed by atoms with Crippen LogP contribution in [0, 0.1) is 5.41 Å². The molecule has 0 aliphatic rings. The van der Waals surface area contributed by atoms with Gasteiger partial charge < -0.3 is 4.74 Å². The summed E-state index contributed by atoms with van der Waals surface area (Å²) in [6.45, 7) is 10.5. The first-order valence-corrected chi connectivity index (χ1v) is 6.52. The maximum absolute atomic E-state index is 12.0. The van der Waals surface area contributed by atoms with Crippen LogP contribution < -0.4 is 0 Å². The SMILES string of the molecule is CCOC(=O)C(C)(C)CC(C)(C)c1ccccc1. The second-order valence-electron chi connectivity index (χ2n) is 6.03. The lowest BCUT2D eigenvalue weighted by molar-refractivity contribution is -0.154. The van der Waals surface area contributed by atoms with Gasteiger partial charge in [0.1, 0.15) is 0 Å². The molecule has 0 atom stereocenters. The lowest BCUT2D eigenvalue weighted by atomic mass is 9.71. The molecule has 0 saturated carbocycles. The minimum Gasteiger partial charge on any atom is -0.466 e. The van der Waals surface area contributed by atoms with E-state index in [4.69, 9.17) is 4.74 Å². The summed E-state index contributed by atoms with van der Waals surface area (Å²) in [5.41, 5.74) is 0.745. The summed E-state index contributed by atoms with van der Waals surface area (Å²) in [6.07, 6.45) is 0.767. The zero-order valence-electron chi connectivity index (χ0n) is 12.1. The number of benzene rings is 1. The van der Waals surface area contributed by atoms with Crippen molar-refractivity contribution >= 4 is 5.97 Å². The average Bonchev–Trinajstić information content (AvgIpc) is 2.29. The number of hydrogen-bond donors (Lipinski definition) is 0. The van der Waals surface area contributed by atoms with Gasteiger partial charge in [0.15, 0.2) is 0 Å². The van der Waals surface area contributed by atoms with Crippen LogP contribution in [0.1, 0.15) is 46.6 Å². The first kappa shape index (κ1) is 14.7. The Bertz CT molecular complexity index is 391. The van der Waals surface area contributed by atoms with E-state index in [1.807, 2.05) is 39.0 Å². The summed E-state index contributed by atoms with van der Waals surface area (Å²) in [5, 5.41) is 0. The van der Waals surface area contributed by atoms with Gasteiger partial charge >= 0.3 is 5.97 Å². The smallest absolute Gasteiger partial charge is 0.311 e. The number of carbonyl (C=O) groups excluding carboxylic acids is 1. The molecule has 0 saturated heterocycles. The second kappa shape index (κ2) is 5.55. The maximum Gasteiger partial charge on any atom is 0.311 e. The molecule has 0 fully saturated rings. The van der Waals surface area contributed by atoms with Crippen molar-refractivity contribution in [3.8, 4) is 0 Å². The number of ether oxygens (including phenoxy) is 1. The summed E-state index contributed by atoms with van der Waals surface area (Å²) in [5.74, 6) is -0.117. The quantitative estimate of drug-likeness (QED) is 0.738. The van der Waals surface area contributed by atoms with Crippen LogP contribution in [0.15, 0.2) is 30.3 Å². The lowest BCUT2D eigenvalue weighted by Crippen LogP contribution is -2.34. The van der Waals surface area contributed by atoms with E-state index in [1.54, 1.807) is 0 Å². The van der Waals surface area contributed by atoms with Crippen LogP contribution in [0.5, 0.6) is 0 Å². The Morgan fingerprint density at radius 2 is 1.67 bits per heavy atom. The first-order chi connectivity index (χ1) is 8.29. The van der Waals surface area contributed by atoms with Gasteiger partial charge in [-0.15, -0.1) is 0 Å². The van der Waals surface area contributed by atoms with Gasteiger partial charge in [0.05, 0.1) is 12.0 Å². The zero-order chi connectivity index (χ0) is 13.8. The van der Waals surface area contributed by atoms with E-state index in [-0.39, 0.29) is 11.4 Å². The Hall–Kier alpha value is -1.31. The number of hydrogen-bond acceptors (Lipinski definition) is 2. The Morgan fingerprint density at radius 1 is 1.11 bits per heavy atom. The molecular formula is C16H24O2. The minimum absolute atomic E-state index is 0.0441. The molecule has 0 aliphatic heterocycles. The molecule has 100 valence electrons. The monoisotopic (exact) mass is 248 g/mol. The van der Waals surface area contributed by atoms with Crippen molar-refractivity contribution in [1.82, 2.24) is 0 Å². The normalized spacial score (nSPS) is 12.3. The van der Waals surface area contributed by atoms with E-state index in [0.29, 0.717) is 6.61 Å². The van der Waals surface area contributed by atoms with E-state index in [0.717, 1.165) is 6.42 Å². The fourth-order valence-electron chi connectivity index (χ4n) is 2.49. The summed E-state index contributed by atoms with van der Waals surface area (Å²) in [7, 11) is 0. The van der Waals surface area contributed by atoms with Crippen molar-refractivity contribution in [3.05, 3.63) is 35.9 Å². The molecule has 0 bridgehead atoms. The molecule has 0 radical (unpaired) electrons. The molecule has 1 aromatic carbocycles. The molecule has 2 heteroatoms. The second-order valence-corrected chi connectivity index (χ2v) is 6.03. The van der Waals surface area contributed by atoms with Crippen LogP contribution in [0.25, 0.3) is 0 Å². The third kappa shape index (κ3) is 3.59. The third-order valence-electron chi connectivity index (χ3n) is 3.27. The van der Waals surface area contributed by atoms with Gasteiger partial charge in [-0.1, -0.05) is 44.2 Å². The average molecular weight is 248 g/mol. The standard InChI is InChI=1S/C16H24O2/c1-6-18-14(17)16(4,5)12-15(2,3)13-10-8-7-9-11-13/h7-11H,6,12H2,1-5H3. The van der Waals surface area contributed by atoms with Crippen molar-refractivity contribution in [3.63, 3.8) is 0 Å². The van der Waals surface area contributed by atoms with Gasteiger partial charge in [-0.2, -0.15) is 0 Å². The Kier molecular flexibility index (Phi) is 4.55. The molecule has 0 unspecified atom stereocenters. The number of esters is 1. The highest BCUT2D eigenvalue weighted by atomic mass is 16.5. The molecule has 0 N–H and O–H groups in total. The van der Waals surface area contributed by atoms with E-state index >= 15 is 0 Å². The van der Waals surface area contributed by atoms with Crippen molar-refractivity contribution in [1.29, 1.82) is 0 Å². The van der Waals surface area contributed by atoms with E-state index in [9.17, 15) is 4.79 Å². The summed E-state index contributed by atoms with van der Waals surface area (Å²) in [6, 6.07) is 10.3. The highest BCUT2D eigenvalue weighted by molar-refractivity contribution is 5.76. The minimum atomic E-state index is -0.463. The summed E-state index contributed by atoms with van der Waals surface area (Å²) in [4.78, 5) is 12.0. The molecule has 0 spiro atoms. The number of carbonyl (C=O) groups is 1. The number of rotatable bonds is 5. The van der Waals surface area contributed by atoms with Gasteiger partial charge in [0.2, 0.25) is 0 Å². The highest BCUT2D eigenvalue weighted by Crippen LogP contribution is 2.37. The van der Waals surface area contributed by atoms with E-state index in [1.165, 1.54) is 5.56 Å². The van der Waals surface area contributed by atoms with Gasteiger partial charge in [0.25, 0.3) is 0 Å². The predicted molar refractivity (Wildman–Crippen MR) is 74.5 cm³/mol. The molecule has 0 heterocycles. The van der Waals surface area contributed by atoms with Crippen molar-refractivity contribution in [2.24, 2.45) is 5.41 Å². The molecule has 0 aliphatic carbocycles. The molecule has 0 aromatic heterocycles. The molecular weight excluding hydrogens is 224 g/mol. The van der Waals surface area contributed by atoms with Gasteiger partial charge in [-0.3, -0.25) is 4.79 Å². The molecule has 1 rings (SSSR count). The largest absolute Gasteiger partial charge is 0.466 e. The highest BCUT2D eigenvalue weighted by Gasteiger charge is 2.36. The van der Waals surface area contributed by atoms with Crippen LogP contribution >= 0.6 is 0 Å². The summed E-state index contributed by atoms with van der Waals surface area (Å²) >= 11 is 0. The van der Waals surface area contributed by atoms with Gasteiger partial charge in [-0.25, -0.2) is 0 Å². The fraction of sp³-hybridized carbons (Fsp3) is 0.562. The topological polar surface area (TPSA) is 26.3 Å². The van der Waals surface area contributed by atoms with Crippen molar-refractivity contribution < 1.29 is 9.53 Å². The fourth-order valence-corrected chi connectivity index (χ4v) is 2.49. The first-order valence-electron chi connectivity index (χ1n) is 6.52. The van der Waals surface area contributed by atoms with Crippen LogP contribution in [0.4, 0.5) is 0 Å². The molecule has 0 amide bonds. The van der Waals surface area contributed by atoms with Crippen molar-refractivity contribution in [2.45, 2.75) is 46.5 Å². The lowest BCUT2D eigenvalue weighted by Gasteiger charge is -2.33. The van der Waals surface area contributed by atoms with Crippen LogP contribution in [0.3, 0.4) is 0 Å². The van der Waals surface area contributed by atoms with Gasteiger partial charge in [-0.05, 0) is 38.2 Å². The third-order valence-corrected chi connectivity index (χ3v) is 3.27. The molecule has 2 nitrogen and oxygen atoms in total. The molecule has 1 aromatic rings. The van der Waals surface area contributed by atoms with Gasteiger partial charge in [0, 0.05) is 0 Å². The van der Waals surface area contributed by atoms with E-state index < -0.39 is 5.41 Å². The predicted octanol–water partition coefficient (Wildman–Crippen LogP) is 3.94. The Labute approximate surface area is 110 Å². The molecule has 18 heavy (non-hydrogen) atoms. The van der Waals surface area contributed by atoms with E-state index in [2.05, 4.69) is 26.0 Å².